The molecule has 18 heavy (non-hydrogen) atoms. The number of ether oxygens (including phenoxy) is 1. The van der Waals surface area contributed by atoms with Crippen molar-refractivity contribution in [2.75, 3.05) is 6.54 Å². The number of hydrogen-bond donors (Lipinski definition) is 1. The van der Waals surface area contributed by atoms with Crippen molar-refractivity contribution in [1.29, 1.82) is 0 Å². The molecule has 0 atom stereocenters. The number of benzene rings is 1. The molecule has 0 fully saturated rings. The van der Waals surface area contributed by atoms with E-state index in [2.05, 4.69) is 17.4 Å². The van der Waals surface area contributed by atoms with Gasteiger partial charge in [0.1, 0.15) is 5.60 Å². The smallest absolute Gasteiger partial charge is 0.407 e. The van der Waals surface area contributed by atoms with Crippen molar-refractivity contribution in [2.45, 2.75) is 45.6 Å². The molecule has 0 bridgehead atoms. The Balaban J connectivity index is 2.30. The van der Waals surface area contributed by atoms with E-state index in [1.807, 2.05) is 39.0 Å². The van der Waals surface area contributed by atoms with Gasteiger partial charge in [-0.15, -0.1) is 0 Å². The summed E-state index contributed by atoms with van der Waals surface area (Å²) in [5.41, 5.74) is 0.864. The molecule has 0 saturated carbocycles. The standard InChI is InChI=1S/C15H23NO2/c1-4-15(3,5-2)18-14(17)16-12-11-13-9-7-6-8-10-13/h6-10H,4-5,11-12H2,1-3H3,(H,16,17). The maximum absolute atomic E-state index is 11.6. The minimum Gasteiger partial charge on any atom is -0.443 e. The summed E-state index contributed by atoms with van der Waals surface area (Å²) in [6.07, 6.45) is 2.16. The molecule has 0 saturated heterocycles. The molecule has 0 heterocycles. The first-order valence-corrected chi connectivity index (χ1v) is 6.60. The normalized spacial score (nSPS) is 11.1. The Labute approximate surface area is 110 Å². The van der Waals surface area contributed by atoms with Gasteiger partial charge in [0.05, 0.1) is 0 Å². The van der Waals surface area contributed by atoms with E-state index in [4.69, 9.17) is 4.74 Å². The first-order valence-electron chi connectivity index (χ1n) is 6.60. The van der Waals surface area contributed by atoms with Gasteiger partial charge in [-0.25, -0.2) is 4.79 Å². The highest BCUT2D eigenvalue weighted by molar-refractivity contribution is 5.67. The third kappa shape index (κ3) is 4.78. The van der Waals surface area contributed by atoms with Crippen LogP contribution in [-0.4, -0.2) is 18.2 Å². The highest BCUT2D eigenvalue weighted by atomic mass is 16.6. The van der Waals surface area contributed by atoms with Gasteiger partial charge in [-0.05, 0) is 31.7 Å². The van der Waals surface area contributed by atoms with Gasteiger partial charge >= 0.3 is 6.09 Å². The van der Waals surface area contributed by atoms with Gasteiger partial charge in [0.2, 0.25) is 0 Å². The minimum atomic E-state index is -0.350. The van der Waals surface area contributed by atoms with Crippen molar-refractivity contribution in [2.24, 2.45) is 0 Å². The summed E-state index contributed by atoms with van der Waals surface area (Å²) in [7, 11) is 0. The fourth-order valence-corrected chi connectivity index (χ4v) is 1.61. The van der Waals surface area contributed by atoms with Crippen LogP contribution in [-0.2, 0) is 11.2 Å². The third-order valence-corrected chi connectivity index (χ3v) is 3.36. The first kappa shape index (κ1) is 14.6. The van der Waals surface area contributed by atoms with Crippen molar-refractivity contribution < 1.29 is 9.53 Å². The van der Waals surface area contributed by atoms with E-state index in [-0.39, 0.29) is 11.7 Å². The number of nitrogens with one attached hydrogen (secondary N) is 1. The zero-order chi connectivity index (χ0) is 13.4. The largest absolute Gasteiger partial charge is 0.443 e. The summed E-state index contributed by atoms with van der Waals surface area (Å²) < 4.78 is 5.42. The summed E-state index contributed by atoms with van der Waals surface area (Å²) in [6.45, 7) is 6.62. The summed E-state index contributed by atoms with van der Waals surface area (Å²) >= 11 is 0. The van der Waals surface area contributed by atoms with E-state index in [0.717, 1.165) is 19.3 Å². The van der Waals surface area contributed by atoms with Gasteiger partial charge in [-0.1, -0.05) is 44.2 Å². The Kier molecular flexibility index (Phi) is 5.69. The highest BCUT2D eigenvalue weighted by Gasteiger charge is 2.24. The number of carbonyl (C=O) groups is 1. The lowest BCUT2D eigenvalue weighted by molar-refractivity contribution is 0.0193. The molecule has 0 aliphatic carbocycles. The number of amides is 1. The van der Waals surface area contributed by atoms with E-state index >= 15 is 0 Å². The molecule has 1 rings (SSSR count). The SMILES string of the molecule is CCC(C)(CC)OC(=O)NCCc1ccccc1. The summed E-state index contributed by atoms with van der Waals surface area (Å²) in [5.74, 6) is 0. The van der Waals surface area contributed by atoms with Crippen molar-refractivity contribution >= 4 is 6.09 Å². The zero-order valence-corrected chi connectivity index (χ0v) is 11.5. The highest BCUT2D eigenvalue weighted by Crippen LogP contribution is 2.19. The summed E-state index contributed by atoms with van der Waals surface area (Å²) in [5, 5.41) is 2.79. The molecular formula is C15H23NO2. The monoisotopic (exact) mass is 249 g/mol. The molecule has 1 aromatic carbocycles. The maximum atomic E-state index is 11.6. The van der Waals surface area contributed by atoms with Crippen LogP contribution in [0.1, 0.15) is 39.2 Å². The van der Waals surface area contributed by atoms with Gasteiger partial charge in [-0.2, -0.15) is 0 Å². The Morgan fingerprint density at radius 2 is 1.83 bits per heavy atom. The van der Waals surface area contributed by atoms with Gasteiger partial charge in [0.25, 0.3) is 0 Å². The Morgan fingerprint density at radius 3 is 2.39 bits per heavy atom. The second-order valence-electron chi connectivity index (χ2n) is 4.71. The van der Waals surface area contributed by atoms with Crippen molar-refractivity contribution in [3.05, 3.63) is 35.9 Å². The average molecular weight is 249 g/mol. The lowest BCUT2D eigenvalue weighted by atomic mass is 10.0. The molecule has 0 aliphatic rings. The van der Waals surface area contributed by atoms with E-state index < -0.39 is 0 Å². The van der Waals surface area contributed by atoms with Gasteiger partial charge in [0, 0.05) is 6.54 Å². The molecular weight excluding hydrogens is 226 g/mol. The van der Waals surface area contributed by atoms with Crippen LogP contribution in [0.25, 0.3) is 0 Å². The van der Waals surface area contributed by atoms with Crippen LogP contribution in [0.15, 0.2) is 30.3 Å². The van der Waals surface area contributed by atoms with E-state index in [9.17, 15) is 4.79 Å². The van der Waals surface area contributed by atoms with Gasteiger partial charge < -0.3 is 10.1 Å². The van der Waals surface area contributed by atoms with Crippen LogP contribution in [0, 0.1) is 0 Å². The van der Waals surface area contributed by atoms with Gasteiger partial charge in [0.15, 0.2) is 0 Å². The van der Waals surface area contributed by atoms with Crippen LogP contribution >= 0.6 is 0 Å². The molecule has 0 spiro atoms. The molecule has 3 nitrogen and oxygen atoms in total. The zero-order valence-electron chi connectivity index (χ0n) is 11.5. The molecule has 1 N–H and O–H groups in total. The summed E-state index contributed by atoms with van der Waals surface area (Å²) in [6, 6.07) is 10.1. The van der Waals surface area contributed by atoms with Crippen molar-refractivity contribution in [1.82, 2.24) is 5.32 Å². The lowest BCUT2D eigenvalue weighted by Gasteiger charge is -2.26. The Bertz CT molecular complexity index is 358. The second-order valence-corrected chi connectivity index (χ2v) is 4.71. The summed E-state index contributed by atoms with van der Waals surface area (Å²) in [4.78, 5) is 11.6. The fraction of sp³-hybridized carbons (Fsp3) is 0.533. The van der Waals surface area contributed by atoms with Crippen LogP contribution < -0.4 is 5.32 Å². The Hall–Kier alpha value is -1.51. The molecule has 1 amide bonds. The molecule has 3 heteroatoms. The quantitative estimate of drug-likeness (QED) is 0.837. The molecule has 1 aromatic rings. The maximum Gasteiger partial charge on any atom is 0.407 e. The fourth-order valence-electron chi connectivity index (χ4n) is 1.61. The number of hydrogen-bond acceptors (Lipinski definition) is 2. The van der Waals surface area contributed by atoms with Crippen molar-refractivity contribution in [3.8, 4) is 0 Å². The molecule has 0 unspecified atom stereocenters. The Morgan fingerprint density at radius 1 is 1.22 bits per heavy atom. The lowest BCUT2D eigenvalue weighted by Crippen LogP contribution is -2.36. The molecule has 0 aromatic heterocycles. The molecule has 100 valence electrons. The first-order chi connectivity index (χ1) is 8.59. The van der Waals surface area contributed by atoms with E-state index in [1.165, 1.54) is 5.56 Å². The van der Waals surface area contributed by atoms with E-state index in [0.29, 0.717) is 6.54 Å². The van der Waals surface area contributed by atoms with Crippen LogP contribution in [0.5, 0.6) is 0 Å². The topological polar surface area (TPSA) is 38.3 Å². The predicted octanol–water partition coefficient (Wildman–Crippen LogP) is 3.53. The predicted molar refractivity (Wildman–Crippen MR) is 73.6 cm³/mol. The minimum absolute atomic E-state index is 0.322. The van der Waals surface area contributed by atoms with Crippen LogP contribution in [0.3, 0.4) is 0 Å². The third-order valence-electron chi connectivity index (χ3n) is 3.36. The number of carbonyl (C=O) groups excluding carboxylic acids is 1. The number of alkyl carbamates (subject to hydrolysis) is 1. The van der Waals surface area contributed by atoms with Gasteiger partial charge in [-0.3, -0.25) is 0 Å². The average Bonchev–Trinajstić information content (AvgIpc) is 2.40. The van der Waals surface area contributed by atoms with Crippen LogP contribution in [0.2, 0.25) is 0 Å². The number of rotatable bonds is 6. The van der Waals surface area contributed by atoms with Crippen LogP contribution in [0.4, 0.5) is 4.79 Å². The van der Waals surface area contributed by atoms with Crippen molar-refractivity contribution in [3.63, 3.8) is 0 Å². The molecule has 0 aliphatic heterocycles. The second kappa shape index (κ2) is 7.04. The van der Waals surface area contributed by atoms with E-state index in [1.54, 1.807) is 0 Å². The molecule has 0 radical (unpaired) electrons.